The Hall–Kier alpha value is -1.54. The van der Waals surface area contributed by atoms with E-state index in [-0.39, 0.29) is 22.5 Å². The predicted molar refractivity (Wildman–Crippen MR) is 99.6 cm³/mol. The van der Waals surface area contributed by atoms with Crippen molar-refractivity contribution in [2.45, 2.75) is 38.5 Å². The first-order valence-corrected chi connectivity index (χ1v) is 10.9. The van der Waals surface area contributed by atoms with Crippen LogP contribution >= 0.6 is 11.8 Å². The molecule has 1 aliphatic heterocycles. The fourth-order valence-corrected chi connectivity index (χ4v) is 5.89. The van der Waals surface area contributed by atoms with E-state index in [1.807, 2.05) is 32.0 Å². The topological polar surface area (TPSA) is 89.5 Å². The van der Waals surface area contributed by atoms with Gasteiger partial charge in [-0.05, 0) is 44.4 Å². The third kappa shape index (κ3) is 6.04. The van der Waals surface area contributed by atoms with Crippen LogP contribution in [-0.2, 0) is 24.2 Å². The molecule has 1 aliphatic rings. The minimum absolute atomic E-state index is 0.0429. The number of ether oxygens (including phenoxy) is 1. The molecule has 0 bridgehead atoms. The molecule has 8 heteroatoms. The van der Waals surface area contributed by atoms with E-state index in [4.69, 9.17) is 4.74 Å². The van der Waals surface area contributed by atoms with Gasteiger partial charge < -0.3 is 10.1 Å². The molecule has 25 heavy (non-hydrogen) atoms. The summed E-state index contributed by atoms with van der Waals surface area (Å²) in [5, 5.41) is 2.69. The van der Waals surface area contributed by atoms with E-state index in [0.29, 0.717) is 12.1 Å². The molecular formula is C17H23NO5S2. The molecule has 1 heterocycles. The third-order valence-electron chi connectivity index (χ3n) is 3.96. The highest BCUT2D eigenvalue weighted by Gasteiger charge is 2.29. The predicted octanol–water partition coefficient (Wildman–Crippen LogP) is 2.09. The van der Waals surface area contributed by atoms with Crippen molar-refractivity contribution in [3.05, 3.63) is 29.3 Å². The maximum atomic E-state index is 12.2. The number of hydrogen-bond donors (Lipinski definition) is 1. The zero-order chi connectivity index (χ0) is 18.6. The summed E-state index contributed by atoms with van der Waals surface area (Å²) in [4.78, 5) is 24.1. The molecule has 1 aromatic carbocycles. The molecule has 138 valence electrons. The van der Waals surface area contributed by atoms with Crippen LogP contribution in [0.5, 0.6) is 0 Å². The number of carbonyl (C=O) groups excluding carboxylic acids is 2. The number of benzene rings is 1. The molecule has 2 atom stereocenters. The van der Waals surface area contributed by atoms with E-state index in [1.54, 1.807) is 0 Å². The highest BCUT2D eigenvalue weighted by molar-refractivity contribution is 8.02. The van der Waals surface area contributed by atoms with E-state index in [0.717, 1.165) is 11.1 Å². The van der Waals surface area contributed by atoms with Gasteiger partial charge in [-0.15, -0.1) is 11.8 Å². The first-order chi connectivity index (χ1) is 11.7. The summed E-state index contributed by atoms with van der Waals surface area (Å²) in [6.45, 7) is 5.33. The molecule has 1 aromatic rings. The third-order valence-corrected chi connectivity index (χ3v) is 7.21. The lowest BCUT2D eigenvalue weighted by atomic mass is 10.1. The van der Waals surface area contributed by atoms with Gasteiger partial charge in [0.25, 0.3) is 5.91 Å². The lowest BCUT2D eigenvalue weighted by molar-refractivity contribution is -0.150. The maximum Gasteiger partial charge on any atom is 0.316 e. The molecular weight excluding hydrogens is 362 g/mol. The Labute approximate surface area is 152 Å². The average molecular weight is 386 g/mol. The second kappa shape index (κ2) is 8.23. The summed E-state index contributed by atoms with van der Waals surface area (Å²) in [7, 11) is -2.96. The lowest BCUT2D eigenvalue weighted by Gasteiger charge is -2.15. The van der Waals surface area contributed by atoms with Crippen molar-refractivity contribution in [2.75, 3.05) is 22.6 Å². The van der Waals surface area contributed by atoms with Crippen molar-refractivity contribution in [3.8, 4) is 0 Å². The Morgan fingerprint density at radius 2 is 2.08 bits per heavy atom. The molecule has 0 aromatic heterocycles. The molecule has 2 rings (SSSR count). The van der Waals surface area contributed by atoms with E-state index >= 15 is 0 Å². The zero-order valence-corrected chi connectivity index (χ0v) is 16.2. The molecule has 1 fully saturated rings. The van der Waals surface area contributed by atoms with Crippen molar-refractivity contribution in [2.24, 2.45) is 0 Å². The maximum absolute atomic E-state index is 12.2. The van der Waals surface area contributed by atoms with Gasteiger partial charge in [0.2, 0.25) is 0 Å². The number of thioether (sulfide) groups is 1. The first-order valence-electron chi connectivity index (χ1n) is 8.06. The number of carbonyl (C=O) groups is 2. The van der Waals surface area contributed by atoms with Gasteiger partial charge in [-0.25, -0.2) is 8.42 Å². The lowest BCUT2D eigenvalue weighted by Crippen LogP contribution is -2.31. The number of esters is 1. The van der Waals surface area contributed by atoms with E-state index < -0.39 is 27.8 Å². The Morgan fingerprint density at radius 3 is 2.72 bits per heavy atom. The molecule has 1 N–H and O–H groups in total. The Bertz CT molecular complexity index is 760. The summed E-state index contributed by atoms with van der Waals surface area (Å²) >= 11 is 1.27. The van der Waals surface area contributed by atoms with Gasteiger partial charge in [-0.1, -0.05) is 12.1 Å². The Kier molecular flexibility index (Phi) is 6.51. The molecule has 0 unspecified atom stereocenters. The van der Waals surface area contributed by atoms with Gasteiger partial charge in [0.15, 0.2) is 15.9 Å². The molecule has 0 saturated carbocycles. The van der Waals surface area contributed by atoms with Gasteiger partial charge >= 0.3 is 5.97 Å². The van der Waals surface area contributed by atoms with Crippen molar-refractivity contribution in [3.63, 3.8) is 0 Å². The van der Waals surface area contributed by atoms with Crippen LogP contribution in [0.3, 0.4) is 0 Å². The molecule has 0 spiro atoms. The standard InChI is InChI=1S/C17H23NO5S2/c1-11-4-5-12(2)15(8-11)18-17(20)13(3)23-16(19)9-24-14-6-7-25(21,22)10-14/h4-5,8,13-14H,6-7,9-10H2,1-3H3,(H,18,20)/t13-,14+/m0/s1. The SMILES string of the molecule is Cc1ccc(C)c(NC(=O)[C@H](C)OC(=O)CS[C@@H]2CCS(=O)(=O)C2)c1. The quantitative estimate of drug-likeness (QED) is 0.754. The highest BCUT2D eigenvalue weighted by Crippen LogP contribution is 2.24. The van der Waals surface area contributed by atoms with E-state index in [1.165, 1.54) is 18.7 Å². The first kappa shape index (κ1) is 19.8. The molecule has 1 amide bonds. The number of rotatable bonds is 6. The monoisotopic (exact) mass is 385 g/mol. The summed E-state index contributed by atoms with van der Waals surface area (Å²) in [5.41, 5.74) is 2.64. The molecule has 1 saturated heterocycles. The highest BCUT2D eigenvalue weighted by atomic mass is 32.2. The van der Waals surface area contributed by atoms with Crippen LogP contribution in [0, 0.1) is 13.8 Å². The normalized spacial score (nSPS) is 20.0. The van der Waals surface area contributed by atoms with Crippen LogP contribution in [0.2, 0.25) is 0 Å². The number of aryl methyl sites for hydroxylation is 2. The minimum atomic E-state index is -2.96. The van der Waals surface area contributed by atoms with Crippen LogP contribution in [-0.4, -0.2) is 48.9 Å². The van der Waals surface area contributed by atoms with Gasteiger partial charge in [-0.3, -0.25) is 9.59 Å². The summed E-state index contributed by atoms with van der Waals surface area (Å²) in [6.07, 6.45) is -0.358. The zero-order valence-electron chi connectivity index (χ0n) is 14.6. The summed E-state index contributed by atoms with van der Waals surface area (Å²) in [5.74, 6) is -0.586. The number of anilines is 1. The van der Waals surface area contributed by atoms with Crippen LogP contribution < -0.4 is 5.32 Å². The van der Waals surface area contributed by atoms with E-state index in [2.05, 4.69) is 5.32 Å². The number of sulfone groups is 1. The second-order valence-corrected chi connectivity index (χ2v) is 9.79. The molecule has 0 aliphatic carbocycles. The minimum Gasteiger partial charge on any atom is -0.452 e. The van der Waals surface area contributed by atoms with Gasteiger partial charge in [-0.2, -0.15) is 0 Å². The fourth-order valence-electron chi connectivity index (χ4n) is 2.47. The van der Waals surface area contributed by atoms with Crippen molar-refractivity contribution in [1.82, 2.24) is 0 Å². The fraction of sp³-hybridized carbons (Fsp3) is 0.529. The largest absolute Gasteiger partial charge is 0.452 e. The number of amides is 1. The summed E-state index contributed by atoms with van der Waals surface area (Å²) < 4.78 is 27.9. The second-order valence-electron chi connectivity index (χ2n) is 6.28. The van der Waals surface area contributed by atoms with Gasteiger partial charge in [0.1, 0.15) is 0 Å². The van der Waals surface area contributed by atoms with Crippen LogP contribution in [0.15, 0.2) is 18.2 Å². The number of nitrogens with one attached hydrogen (secondary N) is 1. The van der Waals surface area contributed by atoms with Crippen molar-refractivity contribution >= 4 is 39.2 Å². The molecule has 0 radical (unpaired) electrons. The van der Waals surface area contributed by atoms with Gasteiger partial charge in [0.05, 0.1) is 17.3 Å². The average Bonchev–Trinajstić information content (AvgIpc) is 2.88. The smallest absolute Gasteiger partial charge is 0.316 e. The van der Waals surface area contributed by atoms with Crippen LogP contribution in [0.4, 0.5) is 5.69 Å². The molecule has 6 nitrogen and oxygen atoms in total. The van der Waals surface area contributed by atoms with Crippen LogP contribution in [0.1, 0.15) is 24.5 Å². The van der Waals surface area contributed by atoms with Crippen LogP contribution in [0.25, 0.3) is 0 Å². The van der Waals surface area contributed by atoms with Crippen molar-refractivity contribution in [1.29, 1.82) is 0 Å². The number of hydrogen-bond acceptors (Lipinski definition) is 6. The summed E-state index contributed by atoms with van der Waals surface area (Å²) in [6, 6.07) is 5.72. The Morgan fingerprint density at radius 1 is 1.36 bits per heavy atom. The Balaban J connectivity index is 1.80. The van der Waals surface area contributed by atoms with Crippen molar-refractivity contribution < 1.29 is 22.7 Å². The van der Waals surface area contributed by atoms with Gasteiger partial charge in [0, 0.05) is 10.9 Å². The van der Waals surface area contributed by atoms with E-state index in [9.17, 15) is 18.0 Å².